The van der Waals surface area contributed by atoms with Crippen molar-refractivity contribution < 1.29 is 23.7 Å². The lowest BCUT2D eigenvalue weighted by atomic mass is 9.97. The maximum atomic E-state index is 11.9. The highest BCUT2D eigenvalue weighted by atomic mass is 32.2. The Morgan fingerprint density at radius 3 is 2.58 bits per heavy atom. The summed E-state index contributed by atoms with van der Waals surface area (Å²) in [6, 6.07) is 16.7. The third-order valence-electron chi connectivity index (χ3n) is 5.14. The van der Waals surface area contributed by atoms with Crippen LogP contribution in [-0.2, 0) is 23.7 Å². The number of hydrogen-bond acceptors (Lipinski definition) is 7. The van der Waals surface area contributed by atoms with Gasteiger partial charge < -0.3 is 18.9 Å². The molecule has 0 spiro atoms. The molecule has 2 aliphatic heterocycles. The largest absolute Gasteiger partial charge is 0.459 e. The Labute approximate surface area is 184 Å². The van der Waals surface area contributed by atoms with Crippen molar-refractivity contribution in [3.8, 4) is 0 Å². The number of carbonyl (C=O) groups is 1. The van der Waals surface area contributed by atoms with Crippen LogP contribution in [-0.4, -0.2) is 42.4 Å². The zero-order chi connectivity index (χ0) is 21.8. The summed E-state index contributed by atoms with van der Waals surface area (Å²) in [6.07, 6.45) is -2.53. The number of rotatable bonds is 5. The van der Waals surface area contributed by atoms with Crippen molar-refractivity contribution in [3.05, 3.63) is 76.2 Å². The van der Waals surface area contributed by atoms with E-state index >= 15 is 0 Å². The molecule has 162 valence electrons. The fraction of sp³-hybridized carbons (Fsp3) is 0.409. The number of esters is 1. The Kier molecular flexibility index (Phi) is 6.80. The molecule has 2 fully saturated rings. The standard InChI is InChI=1S/C22H23N3O5S/c1-13-8-10-16(11-9-13)31-22-18(24-25-23)20(28-14(2)26)19-17(29-22)12-27-21(30-19)15-6-4-3-5-7-15/h3-11,17-22H,12H2,1-2H3/t17-,18-,19+,20-,21?,22+/m1/s1. The third kappa shape index (κ3) is 5.03. The fourth-order valence-corrected chi connectivity index (χ4v) is 4.80. The molecule has 0 radical (unpaired) electrons. The second-order valence-electron chi connectivity index (χ2n) is 7.42. The maximum Gasteiger partial charge on any atom is 0.303 e. The zero-order valence-electron chi connectivity index (χ0n) is 17.2. The molecule has 0 amide bonds. The first-order chi connectivity index (χ1) is 15.0. The van der Waals surface area contributed by atoms with Crippen molar-refractivity contribution in [1.82, 2.24) is 0 Å². The van der Waals surface area contributed by atoms with Crippen LogP contribution in [0.4, 0.5) is 0 Å². The monoisotopic (exact) mass is 441 g/mol. The Balaban J connectivity index is 1.61. The van der Waals surface area contributed by atoms with E-state index in [-0.39, 0.29) is 6.61 Å². The van der Waals surface area contributed by atoms with Gasteiger partial charge in [-0.05, 0) is 24.6 Å². The number of fused-ring (bicyclic) bond motifs is 1. The van der Waals surface area contributed by atoms with E-state index in [4.69, 9.17) is 18.9 Å². The minimum absolute atomic E-state index is 0.260. The topological polar surface area (TPSA) is 103 Å². The lowest BCUT2D eigenvalue weighted by Gasteiger charge is -2.47. The highest BCUT2D eigenvalue weighted by molar-refractivity contribution is 7.99. The predicted octanol–water partition coefficient (Wildman–Crippen LogP) is 4.54. The number of thioether (sulfide) groups is 1. The minimum Gasteiger partial charge on any atom is -0.459 e. The first-order valence-electron chi connectivity index (χ1n) is 9.97. The molecular formula is C22H23N3O5S. The summed E-state index contributed by atoms with van der Waals surface area (Å²) in [4.78, 5) is 15.8. The van der Waals surface area contributed by atoms with E-state index in [9.17, 15) is 10.3 Å². The molecule has 2 aromatic rings. The van der Waals surface area contributed by atoms with Crippen LogP contribution in [0.2, 0.25) is 0 Å². The van der Waals surface area contributed by atoms with E-state index in [2.05, 4.69) is 10.0 Å². The van der Waals surface area contributed by atoms with Crippen LogP contribution in [0, 0.1) is 6.92 Å². The second kappa shape index (κ2) is 9.72. The summed E-state index contributed by atoms with van der Waals surface area (Å²) in [7, 11) is 0. The number of nitrogens with zero attached hydrogens (tertiary/aromatic N) is 3. The van der Waals surface area contributed by atoms with Gasteiger partial charge in [-0.1, -0.05) is 64.9 Å². The average Bonchev–Trinajstić information content (AvgIpc) is 2.77. The van der Waals surface area contributed by atoms with Crippen molar-refractivity contribution in [1.29, 1.82) is 0 Å². The summed E-state index contributed by atoms with van der Waals surface area (Å²) in [5.41, 5.74) is 10.6. The van der Waals surface area contributed by atoms with Crippen molar-refractivity contribution in [2.24, 2.45) is 5.11 Å². The highest BCUT2D eigenvalue weighted by Gasteiger charge is 2.51. The van der Waals surface area contributed by atoms with Gasteiger partial charge >= 0.3 is 5.97 Å². The van der Waals surface area contributed by atoms with E-state index in [1.807, 2.05) is 61.5 Å². The SMILES string of the molecule is CC(=O)O[C@@H]1[C@@H](N=[N+]=[N-])[C@H](Sc2ccc(C)cc2)O[C@@H]2COC(c3ccccc3)O[C@H]12. The molecule has 8 nitrogen and oxygen atoms in total. The van der Waals surface area contributed by atoms with E-state index in [1.54, 1.807) is 0 Å². The zero-order valence-corrected chi connectivity index (χ0v) is 18.0. The molecule has 31 heavy (non-hydrogen) atoms. The molecule has 2 saturated heterocycles. The van der Waals surface area contributed by atoms with Crippen molar-refractivity contribution in [2.45, 2.75) is 54.8 Å². The third-order valence-corrected chi connectivity index (χ3v) is 6.31. The maximum absolute atomic E-state index is 11.9. The van der Waals surface area contributed by atoms with E-state index in [0.29, 0.717) is 0 Å². The molecule has 1 unspecified atom stereocenters. The van der Waals surface area contributed by atoms with Crippen LogP contribution in [0.3, 0.4) is 0 Å². The molecule has 0 saturated carbocycles. The summed E-state index contributed by atoms with van der Waals surface area (Å²) in [6.45, 7) is 3.60. The smallest absolute Gasteiger partial charge is 0.303 e. The number of carbonyl (C=O) groups excluding carboxylic acids is 1. The van der Waals surface area contributed by atoms with Crippen LogP contribution in [0.15, 0.2) is 64.6 Å². The van der Waals surface area contributed by atoms with Crippen LogP contribution in [0.5, 0.6) is 0 Å². The minimum atomic E-state index is -0.801. The first-order valence-corrected chi connectivity index (χ1v) is 10.9. The van der Waals surface area contributed by atoms with Crippen LogP contribution in [0.25, 0.3) is 10.4 Å². The summed E-state index contributed by atoms with van der Waals surface area (Å²) >= 11 is 1.42. The van der Waals surface area contributed by atoms with Crippen LogP contribution < -0.4 is 0 Å². The van der Waals surface area contributed by atoms with Crippen molar-refractivity contribution in [2.75, 3.05) is 6.61 Å². The Bertz CT molecular complexity index is 951. The fourth-order valence-electron chi connectivity index (χ4n) is 3.70. The molecule has 2 heterocycles. The van der Waals surface area contributed by atoms with Gasteiger partial charge in [-0.2, -0.15) is 0 Å². The van der Waals surface area contributed by atoms with Gasteiger partial charge in [0, 0.05) is 22.3 Å². The second-order valence-corrected chi connectivity index (χ2v) is 8.59. The number of ether oxygens (including phenoxy) is 4. The Morgan fingerprint density at radius 2 is 1.90 bits per heavy atom. The molecule has 6 atom stereocenters. The number of benzene rings is 2. The summed E-state index contributed by atoms with van der Waals surface area (Å²) in [5.74, 6) is -0.478. The van der Waals surface area contributed by atoms with E-state index < -0.39 is 42.0 Å². The molecule has 0 N–H and O–H groups in total. The van der Waals surface area contributed by atoms with Gasteiger partial charge in [-0.15, -0.1) is 0 Å². The van der Waals surface area contributed by atoms with E-state index in [0.717, 1.165) is 16.0 Å². The van der Waals surface area contributed by atoms with Gasteiger partial charge in [0.25, 0.3) is 0 Å². The number of aryl methyl sites for hydroxylation is 1. The van der Waals surface area contributed by atoms with Gasteiger partial charge in [-0.3, -0.25) is 4.79 Å². The lowest BCUT2D eigenvalue weighted by molar-refractivity contribution is -0.306. The predicted molar refractivity (Wildman–Crippen MR) is 114 cm³/mol. The van der Waals surface area contributed by atoms with Gasteiger partial charge in [0.15, 0.2) is 6.29 Å². The van der Waals surface area contributed by atoms with Gasteiger partial charge in [-0.25, -0.2) is 0 Å². The molecule has 2 aromatic carbocycles. The summed E-state index contributed by atoms with van der Waals surface area (Å²) in [5, 5.41) is 3.94. The van der Waals surface area contributed by atoms with Gasteiger partial charge in [0.05, 0.1) is 6.61 Å². The number of azide groups is 1. The van der Waals surface area contributed by atoms with Gasteiger partial charge in [0.1, 0.15) is 29.8 Å². The molecule has 0 bridgehead atoms. The molecular weight excluding hydrogens is 418 g/mol. The quantitative estimate of drug-likeness (QED) is 0.292. The van der Waals surface area contributed by atoms with Gasteiger partial charge in [0.2, 0.25) is 0 Å². The molecule has 9 heteroatoms. The van der Waals surface area contributed by atoms with Crippen LogP contribution >= 0.6 is 11.8 Å². The normalized spacial score (nSPS) is 30.0. The average molecular weight is 442 g/mol. The van der Waals surface area contributed by atoms with Crippen molar-refractivity contribution >= 4 is 17.7 Å². The number of hydrogen-bond donors (Lipinski definition) is 0. The molecule has 4 rings (SSSR count). The molecule has 0 aromatic heterocycles. The molecule has 2 aliphatic rings. The molecule has 0 aliphatic carbocycles. The van der Waals surface area contributed by atoms with E-state index in [1.165, 1.54) is 18.7 Å². The first kappa shape index (κ1) is 21.7. The lowest BCUT2D eigenvalue weighted by Crippen LogP contribution is -2.61. The summed E-state index contributed by atoms with van der Waals surface area (Å²) < 4.78 is 23.9. The van der Waals surface area contributed by atoms with Crippen LogP contribution in [0.1, 0.15) is 24.3 Å². The van der Waals surface area contributed by atoms with Crippen molar-refractivity contribution in [3.63, 3.8) is 0 Å². The Morgan fingerprint density at radius 1 is 1.16 bits per heavy atom. The Hall–Kier alpha value is -2.55. The highest BCUT2D eigenvalue weighted by Crippen LogP contribution is 2.41.